The van der Waals surface area contributed by atoms with E-state index in [1.807, 2.05) is 57.5 Å². The third-order valence-corrected chi connectivity index (χ3v) is 11.5. The number of nitrogens with zero attached hydrogens (tertiary/aromatic N) is 4. The van der Waals surface area contributed by atoms with Gasteiger partial charge in [0.2, 0.25) is 17.7 Å². The summed E-state index contributed by atoms with van der Waals surface area (Å²) in [7, 11) is 1.50. The highest BCUT2D eigenvalue weighted by Crippen LogP contribution is 2.31. The number of hydrogen-bond acceptors (Lipinski definition) is 10. The van der Waals surface area contributed by atoms with E-state index >= 15 is 0 Å². The molecule has 0 saturated carbocycles. The molecule has 4 amide bonds. The zero-order valence-electron chi connectivity index (χ0n) is 35.3. The molecule has 6 rings (SSSR count). The predicted octanol–water partition coefficient (Wildman–Crippen LogP) is 6.42. The summed E-state index contributed by atoms with van der Waals surface area (Å²) in [6.45, 7) is 9.01. The number of H-pyrrole nitrogens is 1. The average molecular weight is 851 g/mol. The summed E-state index contributed by atoms with van der Waals surface area (Å²) < 4.78 is 12.8. The molecule has 1 aliphatic rings. The van der Waals surface area contributed by atoms with Crippen LogP contribution in [0.25, 0.3) is 16.3 Å². The molecule has 1 fully saturated rings. The van der Waals surface area contributed by atoms with Gasteiger partial charge in [0, 0.05) is 38.0 Å². The number of benzene rings is 2. The van der Waals surface area contributed by atoms with Crippen molar-refractivity contribution in [2.45, 2.75) is 91.3 Å². The molecule has 2 aromatic carbocycles. The van der Waals surface area contributed by atoms with E-state index in [2.05, 4.69) is 30.9 Å². The first-order chi connectivity index (χ1) is 29.3. The molecular formula is C45H54N8O7S. The Morgan fingerprint density at radius 2 is 1.80 bits per heavy atom. The van der Waals surface area contributed by atoms with Crippen LogP contribution in [0.4, 0.5) is 5.69 Å². The van der Waals surface area contributed by atoms with Gasteiger partial charge in [-0.05, 0) is 73.4 Å². The quantitative estimate of drug-likeness (QED) is 0.0721. The van der Waals surface area contributed by atoms with Crippen LogP contribution in [0.5, 0.6) is 11.5 Å². The molecular weight excluding hydrogens is 797 g/mol. The Morgan fingerprint density at radius 3 is 2.51 bits per heavy atom. The van der Waals surface area contributed by atoms with Crippen molar-refractivity contribution in [3.05, 3.63) is 106 Å². The molecule has 2 atom stereocenters. The molecule has 15 nitrogen and oxygen atoms in total. The molecule has 0 spiro atoms. The van der Waals surface area contributed by atoms with Gasteiger partial charge < -0.3 is 35.3 Å². The first-order valence-electron chi connectivity index (χ1n) is 20.5. The average Bonchev–Trinajstić information content (AvgIpc) is 4.03. The predicted molar refractivity (Wildman–Crippen MR) is 234 cm³/mol. The number of ether oxygens (including phenoxy) is 2. The van der Waals surface area contributed by atoms with Crippen LogP contribution in [-0.2, 0) is 20.9 Å². The molecule has 322 valence electrons. The maximum atomic E-state index is 14.0. The van der Waals surface area contributed by atoms with E-state index in [4.69, 9.17) is 9.47 Å². The van der Waals surface area contributed by atoms with Gasteiger partial charge in [0.05, 0.1) is 35.5 Å². The van der Waals surface area contributed by atoms with Gasteiger partial charge in [-0.3, -0.25) is 23.7 Å². The van der Waals surface area contributed by atoms with E-state index in [1.54, 1.807) is 52.6 Å². The number of unbranched alkanes of at least 4 members (excludes halogenated alkanes) is 3. The Bertz CT molecular complexity index is 2360. The van der Waals surface area contributed by atoms with Gasteiger partial charge in [-0.2, -0.15) is 0 Å². The normalized spacial score (nSPS) is 14.3. The van der Waals surface area contributed by atoms with Gasteiger partial charge in [-0.1, -0.05) is 63.9 Å². The summed E-state index contributed by atoms with van der Waals surface area (Å²) in [6, 6.07) is 16.6. The van der Waals surface area contributed by atoms with E-state index in [0.29, 0.717) is 62.0 Å². The van der Waals surface area contributed by atoms with E-state index in [9.17, 15) is 24.0 Å². The van der Waals surface area contributed by atoms with E-state index < -0.39 is 23.4 Å². The maximum Gasteiger partial charge on any atom is 0.331 e. The third kappa shape index (κ3) is 11.5. The van der Waals surface area contributed by atoms with Crippen LogP contribution in [0.2, 0.25) is 0 Å². The number of aryl methyl sites for hydroxylation is 1. The minimum Gasteiger partial charge on any atom is -0.494 e. The third-order valence-electron chi connectivity index (χ3n) is 10.5. The monoisotopic (exact) mass is 850 g/mol. The van der Waals surface area contributed by atoms with Crippen LogP contribution >= 0.6 is 11.3 Å². The van der Waals surface area contributed by atoms with Gasteiger partial charge in [0.25, 0.3) is 5.91 Å². The van der Waals surface area contributed by atoms with Crippen molar-refractivity contribution in [2.75, 3.05) is 25.6 Å². The lowest BCUT2D eigenvalue weighted by molar-refractivity contribution is -0.143. The molecule has 0 bridgehead atoms. The summed E-state index contributed by atoms with van der Waals surface area (Å²) in [5, 5.41) is 8.83. The number of amides is 4. The Balaban J connectivity index is 0.909. The molecule has 1 aliphatic heterocycles. The van der Waals surface area contributed by atoms with Crippen molar-refractivity contribution in [2.24, 2.45) is 5.41 Å². The Kier molecular flexibility index (Phi) is 14.7. The molecule has 4 N–H and O–H groups in total. The second-order valence-corrected chi connectivity index (χ2v) is 16.9. The fraction of sp³-hybridized carbons (Fsp3) is 0.400. The number of carbonyl (C=O) groups excluding carboxylic acids is 4. The zero-order valence-corrected chi connectivity index (χ0v) is 36.1. The summed E-state index contributed by atoms with van der Waals surface area (Å²) >= 11 is 1.60. The highest BCUT2D eigenvalue weighted by molar-refractivity contribution is 7.13. The molecule has 5 aromatic rings. The van der Waals surface area contributed by atoms with Crippen LogP contribution in [0, 0.1) is 12.3 Å². The van der Waals surface area contributed by atoms with Gasteiger partial charge >= 0.3 is 5.69 Å². The van der Waals surface area contributed by atoms with Crippen LogP contribution in [0.1, 0.15) is 87.5 Å². The SMILES string of the molecule is COc1cc(OCCCCCCC(=O)N[C@H](C(=O)N2CCC[C@H]2C(=O)NCc2ccc(-c3scnc3C)cc2)C(C)(C)C)ccc1NC(=O)c1cccc(-n2cc[nH]c2=O)n1. The Morgan fingerprint density at radius 1 is 1.02 bits per heavy atom. The van der Waals surface area contributed by atoms with E-state index in [1.165, 1.54) is 24.1 Å². The molecule has 1 saturated heterocycles. The number of aromatic nitrogens is 4. The minimum absolute atomic E-state index is 0.127. The topological polar surface area (TPSA) is 190 Å². The second-order valence-electron chi connectivity index (χ2n) is 16.1. The van der Waals surface area contributed by atoms with E-state index in [-0.39, 0.29) is 35.5 Å². The molecule has 16 heteroatoms. The van der Waals surface area contributed by atoms with Gasteiger partial charge in [-0.25, -0.2) is 14.8 Å². The van der Waals surface area contributed by atoms with Crippen LogP contribution in [-0.4, -0.2) is 80.4 Å². The molecule has 0 aliphatic carbocycles. The molecule has 3 aromatic heterocycles. The summed E-state index contributed by atoms with van der Waals surface area (Å²) in [4.78, 5) is 79.4. The van der Waals surface area contributed by atoms with Crippen LogP contribution < -0.4 is 31.1 Å². The first-order valence-corrected chi connectivity index (χ1v) is 21.4. The van der Waals surface area contributed by atoms with Gasteiger partial charge in [-0.15, -0.1) is 11.3 Å². The molecule has 0 radical (unpaired) electrons. The summed E-state index contributed by atoms with van der Waals surface area (Å²) in [5.41, 5.74) is 4.50. The number of likely N-dealkylation sites (tertiary alicyclic amines) is 1. The van der Waals surface area contributed by atoms with Crippen molar-refractivity contribution in [3.63, 3.8) is 0 Å². The summed E-state index contributed by atoms with van der Waals surface area (Å²) in [5.74, 6) is 0.203. The van der Waals surface area contributed by atoms with Crippen molar-refractivity contribution < 1.29 is 28.7 Å². The lowest BCUT2D eigenvalue weighted by atomic mass is 9.85. The number of imidazole rings is 1. The number of aromatic amines is 1. The highest BCUT2D eigenvalue weighted by Gasteiger charge is 2.41. The van der Waals surface area contributed by atoms with E-state index in [0.717, 1.165) is 41.0 Å². The number of anilines is 1. The number of carbonyl (C=O) groups is 4. The summed E-state index contributed by atoms with van der Waals surface area (Å²) in [6.07, 6.45) is 7.63. The fourth-order valence-electron chi connectivity index (χ4n) is 7.18. The number of pyridine rings is 1. The largest absolute Gasteiger partial charge is 0.494 e. The second kappa shape index (κ2) is 20.3. The lowest BCUT2D eigenvalue weighted by Crippen LogP contribution is -2.57. The number of rotatable bonds is 18. The lowest BCUT2D eigenvalue weighted by Gasteiger charge is -2.35. The Labute approximate surface area is 359 Å². The van der Waals surface area contributed by atoms with Gasteiger partial charge in [0.1, 0.15) is 35.1 Å². The van der Waals surface area contributed by atoms with Crippen molar-refractivity contribution in [3.8, 4) is 27.8 Å². The number of hydrogen-bond donors (Lipinski definition) is 4. The molecule has 0 unspecified atom stereocenters. The van der Waals surface area contributed by atoms with Crippen molar-refractivity contribution in [1.82, 2.24) is 35.1 Å². The standard InChI is InChI=1S/C45H54N8O7S/c1-29-39(61-28-48-29)31-18-16-30(17-19-31)27-47-42(56)35-13-11-23-52(35)43(57)40(45(2,3)4)51-38(54)15-8-6-7-9-25-60-32-20-21-33(36(26-32)59-5)50-41(55)34-12-10-14-37(49-34)53-24-22-46-44(53)58/h10,12,14,16-22,24,26,28,35,40H,6-9,11,13,15,23,25,27H2,1-5H3,(H,46,58)(H,47,56)(H,50,55)(H,51,54)/t35-,40+/m0/s1. The van der Waals surface area contributed by atoms with Gasteiger partial charge in [0.15, 0.2) is 0 Å². The fourth-order valence-corrected chi connectivity index (χ4v) is 7.99. The number of methoxy groups -OCH3 is 1. The number of thiazole rings is 1. The van der Waals surface area contributed by atoms with Crippen molar-refractivity contribution >= 4 is 40.7 Å². The van der Waals surface area contributed by atoms with Crippen molar-refractivity contribution in [1.29, 1.82) is 0 Å². The van der Waals surface area contributed by atoms with Crippen LogP contribution in [0.15, 0.2) is 83.4 Å². The zero-order chi connectivity index (χ0) is 43.5. The highest BCUT2D eigenvalue weighted by atomic mass is 32.1. The first kappa shape index (κ1) is 44.3. The smallest absolute Gasteiger partial charge is 0.331 e. The number of nitrogens with one attached hydrogen (secondary N) is 4. The minimum atomic E-state index is -0.772. The molecule has 61 heavy (non-hydrogen) atoms. The van der Waals surface area contributed by atoms with Crippen LogP contribution in [0.3, 0.4) is 0 Å². The maximum absolute atomic E-state index is 14.0. The molecule has 4 heterocycles. The Hall–Kier alpha value is -6.29.